The molecule has 0 fully saturated rings. The molecule has 0 aliphatic carbocycles. The van der Waals surface area contributed by atoms with Gasteiger partial charge in [-0.25, -0.2) is 0 Å². The summed E-state index contributed by atoms with van der Waals surface area (Å²) in [6.07, 6.45) is 9.84. The summed E-state index contributed by atoms with van der Waals surface area (Å²) in [6, 6.07) is 0. The van der Waals surface area contributed by atoms with Gasteiger partial charge in [0.05, 0.1) is 19.1 Å². The Balaban J connectivity index is 3.38. The van der Waals surface area contributed by atoms with Crippen LogP contribution in [0, 0.1) is 0 Å². The molecule has 0 radical (unpaired) electrons. The van der Waals surface area contributed by atoms with E-state index in [4.69, 9.17) is 14.9 Å². The van der Waals surface area contributed by atoms with E-state index in [1.54, 1.807) is 0 Å². The second-order valence-electron chi connectivity index (χ2n) is 5.99. The Morgan fingerprint density at radius 1 is 0.909 bits per heavy atom. The first-order chi connectivity index (χ1) is 10.6. The topological polar surface area (TPSA) is 87.0 Å². The lowest BCUT2D eigenvalue weighted by Gasteiger charge is -2.12. The molecule has 132 valence electrons. The van der Waals surface area contributed by atoms with Gasteiger partial charge in [-0.3, -0.25) is 4.79 Å². The zero-order chi connectivity index (χ0) is 16.6. The number of esters is 1. The summed E-state index contributed by atoms with van der Waals surface area (Å²) < 4.78 is 4.75. The van der Waals surface area contributed by atoms with Gasteiger partial charge in [0.25, 0.3) is 0 Å². The summed E-state index contributed by atoms with van der Waals surface area (Å²) in [5, 5.41) is 27.4. The van der Waals surface area contributed by atoms with Crippen LogP contribution in [0.4, 0.5) is 0 Å². The largest absolute Gasteiger partial charge is 0.463 e. The fourth-order valence-corrected chi connectivity index (χ4v) is 2.29. The van der Waals surface area contributed by atoms with Crippen molar-refractivity contribution in [2.75, 3.05) is 13.2 Å². The first-order valence-corrected chi connectivity index (χ1v) is 8.72. The number of rotatable bonds is 15. The number of hydrogen-bond donors (Lipinski definition) is 3. The Hall–Kier alpha value is -0.650. The van der Waals surface area contributed by atoms with Crippen LogP contribution in [0.25, 0.3) is 0 Å². The van der Waals surface area contributed by atoms with E-state index in [2.05, 4.69) is 6.92 Å². The van der Waals surface area contributed by atoms with Gasteiger partial charge in [0.2, 0.25) is 0 Å². The van der Waals surface area contributed by atoms with Crippen molar-refractivity contribution in [1.29, 1.82) is 0 Å². The molecule has 2 atom stereocenters. The van der Waals surface area contributed by atoms with Gasteiger partial charge >= 0.3 is 5.97 Å². The van der Waals surface area contributed by atoms with E-state index in [-0.39, 0.29) is 13.0 Å². The van der Waals surface area contributed by atoms with E-state index < -0.39 is 24.8 Å². The van der Waals surface area contributed by atoms with Crippen LogP contribution < -0.4 is 0 Å². The van der Waals surface area contributed by atoms with Gasteiger partial charge in [-0.2, -0.15) is 0 Å². The molecule has 3 N–H and O–H groups in total. The Kier molecular flexibility index (Phi) is 14.8. The maximum Gasteiger partial charge on any atom is 0.308 e. The Labute approximate surface area is 134 Å². The molecule has 0 rings (SSSR count). The summed E-state index contributed by atoms with van der Waals surface area (Å²) in [7, 11) is 0. The highest BCUT2D eigenvalue weighted by Crippen LogP contribution is 2.12. The molecular formula is C17H34O5. The lowest BCUT2D eigenvalue weighted by Crippen LogP contribution is -2.24. The van der Waals surface area contributed by atoms with E-state index in [1.165, 1.54) is 44.9 Å². The highest BCUT2D eigenvalue weighted by atomic mass is 16.5. The molecule has 22 heavy (non-hydrogen) atoms. The molecule has 0 bridgehead atoms. The van der Waals surface area contributed by atoms with Crippen molar-refractivity contribution in [3.05, 3.63) is 0 Å². The van der Waals surface area contributed by atoms with Crippen molar-refractivity contribution in [2.45, 2.75) is 89.8 Å². The number of ether oxygens (including phenoxy) is 1. The van der Waals surface area contributed by atoms with Gasteiger partial charge < -0.3 is 20.1 Å². The summed E-state index contributed by atoms with van der Waals surface area (Å²) in [6.45, 7) is 1.56. The van der Waals surface area contributed by atoms with Crippen molar-refractivity contribution >= 4 is 5.97 Å². The van der Waals surface area contributed by atoms with Crippen LogP contribution in [0.1, 0.15) is 77.6 Å². The smallest absolute Gasteiger partial charge is 0.308 e. The molecular weight excluding hydrogens is 284 g/mol. The summed E-state index contributed by atoms with van der Waals surface area (Å²) >= 11 is 0. The summed E-state index contributed by atoms with van der Waals surface area (Å²) in [5.41, 5.74) is 0. The van der Waals surface area contributed by atoms with E-state index in [0.717, 1.165) is 12.8 Å². The predicted molar refractivity (Wildman–Crippen MR) is 86.5 cm³/mol. The average Bonchev–Trinajstić information content (AvgIpc) is 2.50. The number of carbonyl (C=O) groups is 1. The minimum Gasteiger partial charge on any atom is -0.463 e. The molecule has 0 heterocycles. The molecule has 5 heteroatoms. The van der Waals surface area contributed by atoms with Crippen LogP contribution in [0.5, 0.6) is 0 Å². The average molecular weight is 318 g/mol. The van der Waals surface area contributed by atoms with Crippen LogP contribution in [0.3, 0.4) is 0 Å². The zero-order valence-electron chi connectivity index (χ0n) is 14.0. The molecule has 5 nitrogen and oxygen atoms in total. The van der Waals surface area contributed by atoms with Crippen LogP contribution in [0.2, 0.25) is 0 Å². The minimum absolute atomic E-state index is 0.0465. The van der Waals surface area contributed by atoms with Gasteiger partial charge in [-0.1, -0.05) is 64.7 Å². The van der Waals surface area contributed by atoms with Gasteiger partial charge in [0, 0.05) is 0 Å². The van der Waals surface area contributed by atoms with Crippen LogP contribution >= 0.6 is 0 Å². The lowest BCUT2D eigenvalue weighted by molar-refractivity contribution is -0.149. The number of aliphatic hydroxyl groups is 3. The first-order valence-electron chi connectivity index (χ1n) is 8.72. The Morgan fingerprint density at radius 3 is 2.00 bits per heavy atom. The highest BCUT2D eigenvalue weighted by molar-refractivity contribution is 5.69. The molecule has 0 aromatic heterocycles. The lowest BCUT2D eigenvalue weighted by atomic mass is 10.0. The quantitative estimate of drug-likeness (QED) is 0.319. The standard InChI is InChI=1S/C17H34O5/c1-2-3-4-5-6-7-8-9-10-11-15(19)12-17(21)22-14-16(20)13-18/h15-16,18-20H,2-14H2,1H3. The van der Waals surface area contributed by atoms with Crippen molar-refractivity contribution in [3.8, 4) is 0 Å². The summed E-state index contributed by atoms with van der Waals surface area (Å²) in [4.78, 5) is 11.4. The third-order valence-corrected chi connectivity index (χ3v) is 3.69. The molecule has 0 saturated heterocycles. The van der Waals surface area contributed by atoms with Gasteiger partial charge in [-0.15, -0.1) is 0 Å². The van der Waals surface area contributed by atoms with Crippen molar-refractivity contribution in [1.82, 2.24) is 0 Å². The van der Waals surface area contributed by atoms with Crippen LogP contribution in [-0.2, 0) is 9.53 Å². The monoisotopic (exact) mass is 318 g/mol. The maximum atomic E-state index is 11.4. The number of aliphatic hydroxyl groups excluding tert-OH is 3. The number of unbranched alkanes of at least 4 members (excludes halogenated alkanes) is 8. The van der Waals surface area contributed by atoms with E-state index in [1.807, 2.05) is 0 Å². The summed E-state index contributed by atoms with van der Waals surface area (Å²) in [5.74, 6) is -0.532. The predicted octanol–water partition coefficient (Wildman–Crippen LogP) is 2.55. The molecule has 0 aromatic rings. The Bertz CT molecular complexity index is 257. The minimum atomic E-state index is -1.04. The number of hydrogen-bond acceptors (Lipinski definition) is 5. The Morgan fingerprint density at radius 2 is 1.45 bits per heavy atom. The second kappa shape index (κ2) is 15.3. The molecule has 0 aliphatic heterocycles. The third kappa shape index (κ3) is 14.3. The molecule has 0 amide bonds. The molecule has 2 unspecified atom stereocenters. The normalized spacial score (nSPS) is 13.8. The van der Waals surface area contributed by atoms with Gasteiger partial charge in [0.15, 0.2) is 0 Å². The number of carbonyl (C=O) groups excluding carboxylic acids is 1. The van der Waals surface area contributed by atoms with Crippen LogP contribution in [-0.4, -0.2) is 46.7 Å². The van der Waals surface area contributed by atoms with Gasteiger partial charge in [-0.05, 0) is 6.42 Å². The van der Waals surface area contributed by atoms with Crippen molar-refractivity contribution in [3.63, 3.8) is 0 Å². The fourth-order valence-electron chi connectivity index (χ4n) is 2.29. The van der Waals surface area contributed by atoms with Crippen LogP contribution in [0.15, 0.2) is 0 Å². The second-order valence-corrected chi connectivity index (χ2v) is 5.99. The zero-order valence-corrected chi connectivity index (χ0v) is 14.0. The SMILES string of the molecule is CCCCCCCCCCCC(O)CC(=O)OCC(O)CO. The van der Waals surface area contributed by atoms with E-state index >= 15 is 0 Å². The highest BCUT2D eigenvalue weighted by Gasteiger charge is 2.13. The molecule has 0 spiro atoms. The van der Waals surface area contributed by atoms with Gasteiger partial charge in [0.1, 0.15) is 12.7 Å². The molecule has 0 saturated carbocycles. The van der Waals surface area contributed by atoms with E-state index in [9.17, 15) is 9.90 Å². The van der Waals surface area contributed by atoms with Crippen molar-refractivity contribution in [2.24, 2.45) is 0 Å². The van der Waals surface area contributed by atoms with Crippen molar-refractivity contribution < 1.29 is 24.9 Å². The maximum absolute atomic E-state index is 11.4. The first kappa shape index (κ1) is 21.4. The van der Waals surface area contributed by atoms with E-state index in [0.29, 0.717) is 6.42 Å². The molecule has 0 aromatic carbocycles. The third-order valence-electron chi connectivity index (χ3n) is 3.69. The molecule has 0 aliphatic rings. The fraction of sp³-hybridized carbons (Fsp3) is 0.941.